The van der Waals surface area contributed by atoms with E-state index in [0.29, 0.717) is 18.3 Å². The van der Waals surface area contributed by atoms with Crippen molar-refractivity contribution in [2.75, 3.05) is 25.0 Å². The normalized spacial score (nSPS) is 22.2. The molecule has 1 saturated heterocycles. The molecule has 1 N–H and O–H groups in total. The summed E-state index contributed by atoms with van der Waals surface area (Å²) < 4.78 is 5.60. The van der Waals surface area contributed by atoms with Gasteiger partial charge >= 0.3 is 0 Å². The number of hydrogen-bond donors (Lipinski definition) is 1. The fourth-order valence-corrected chi connectivity index (χ4v) is 4.00. The van der Waals surface area contributed by atoms with E-state index in [1.807, 2.05) is 18.0 Å². The van der Waals surface area contributed by atoms with Gasteiger partial charge in [0, 0.05) is 43.5 Å². The standard InChI is InChI=1S/C20H25N3O2/c1-14-11-15-5-3-4-6-18(15)23(14)13-16-8-10-25-19(16)20(24)22(2)17-7-9-21-12-17/h3-6,8,10,14,17,21H,7,9,11-13H2,1-2H3/t14-,17+/m0/s1. The lowest BCUT2D eigenvalue weighted by molar-refractivity contribution is 0.0710. The molecule has 1 aromatic heterocycles. The van der Waals surface area contributed by atoms with Crippen LogP contribution in [0.5, 0.6) is 0 Å². The molecule has 1 fully saturated rings. The van der Waals surface area contributed by atoms with Crippen LogP contribution in [0.1, 0.15) is 35.0 Å². The zero-order valence-corrected chi connectivity index (χ0v) is 14.9. The second-order valence-corrected chi connectivity index (χ2v) is 7.15. The Balaban J connectivity index is 1.55. The van der Waals surface area contributed by atoms with E-state index in [0.717, 1.165) is 31.5 Å². The van der Waals surface area contributed by atoms with Gasteiger partial charge in [0.2, 0.25) is 0 Å². The van der Waals surface area contributed by atoms with Crippen LogP contribution in [-0.2, 0) is 13.0 Å². The molecule has 0 bridgehead atoms. The maximum Gasteiger partial charge on any atom is 0.289 e. The molecule has 0 aliphatic carbocycles. The van der Waals surface area contributed by atoms with E-state index in [1.165, 1.54) is 11.3 Å². The minimum absolute atomic E-state index is 0.0196. The summed E-state index contributed by atoms with van der Waals surface area (Å²) in [5, 5.41) is 3.31. The van der Waals surface area contributed by atoms with Crippen LogP contribution in [0.3, 0.4) is 0 Å². The molecule has 1 amide bonds. The van der Waals surface area contributed by atoms with Gasteiger partial charge in [-0.25, -0.2) is 0 Å². The van der Waals surface area contributed by atoms with Crippen LogP contribution in [0.25, 0.3) is 0 Å². The number of fused-ring (bicyclic) bond motifs is 1. The zero-order valence-electron chi connectivity index (χ0n) is 14.9. The molecule has 0 unspecified atom stereocenters. The van der Waals surface area contributed by atoms with E-state index in [-0.39, 0.29) is 11.9 Å². The highest BCUT2D eigenvalue weighted by atomic mass is 16.3. The first-order valence-electron chi connectivity index (χ1n) is 9.04. The Bertz CT molecular complexity index is 764. The van der Waals surface area contributed by atoms with Crippen LogP contribution >= 0.6 is 0 Å². The van der Waals surface area contributed by atoms with Crippen LogP contribution in [0, 0.1) is 0 Å². The molecule has 0 radical (unpaired) electrons. The highest BCUT2D eigenvalue weighted by molar-refractivity contribution is 5.93. The average molecular weight is 339 g/mol. The Morgan fingerprint density at radius 1 is 1.36 bits per heavy atom. The van der Waals surface area contributed by atoms with Crippen molar-refractivity contribution in [2.24, 2.45) is 0 Å². The first-order valence-corrected chi connectivity index (χ1v) is 9.04. The second-order valence-electron chi connectivity index (χ2n) is 7.15. The summed E-state index contributed by atoms with van der Waals surface area (Å²) in [5.74, 6) is 0.458. The van der Waals surface area contributed by atoms with Gasteiger partial charge in [0.05, 0.1) is 6.26 Å². The highest BCUT2D eigenvalue weighted by Crippen LogP contribution is 2.33. The van der Waals surface area contributed by atoms with Crippen molar-refractivity contribution in [3.8, 4) is 0 Å². The van der Waals surface area contributed by atoms with Crippen molar-refractivity contribution in [1.82, 2.24) is 10.2 Å². The Kier molecular flexibility index (Phi) is 4.25. The average Bonchev–Trinajstić information content (AvgIpc) is 3.35. The number of amides is 1. The van der Waals surface area contributed by atoms with Crippen molar-refractivity contribution in [2.45, 2.75) is 38.4 Å². The number of benzene rings is 1. The molecule has 2 aromatic rings. The second kappa shape index (κ2) is 6.56. The van der Waals surface area contributed by atoms with Gasteiger partial charge in [-0.2, -0.15) is 0 Å². The third-order valence-electron chi connectivity index (χ3n) is 5.53. The molecule has 5 heteroatoms. The molecule has 4 rings (SSSR count). The Morgan fingerprint density at radius 3 is 3.00 bits per heavy atom. The summed E-state index contributed by atoms with van der Waals surface area (Å²) in [6.45, 7) is 4.76. The number of nitrogens with one attached hydrogen (secondary N) is 1. The van der Waals surface area contributed by atoms with Gasteiger partial charge in [0.25, 0.3) is 5.91 Å². The van der Waals surface area contributed by atoms with Crippen molar-refractivity contribution >= 4 is 11.6 Å². The molecular formula is C20H25N3O2. The van der Waals surface area contributed by atoms with Crippen molar-refractivity contribution in [3.63, 3.8) is 0 Å². The molecule has 1 aromatic carbocycles. The van der Waals surface area contributed by atoms with E-state index in [4.69, 9.17) is 4.42 Å². The topological polar surface area (TPSA) is 48.7 Å². The summed E-state index contributed by atoms with van der Waals surface area (Å²) in [5.41, 5.74) is 3.61. The molecule has 2 atom stereocenters. The Hall–Kier alpha value is -2.27. The highest BCUT2D eigenvalue weighted by Gasteiger charge is 2.30. The quantitative estimate of drug-likeness (QED) is 0.930. The third kappa shape index (κ3) is 2.93. The molecule has 25 heavy (non-hydrogen) atoms. The minimum Gasteiger partial charge on any atom is -0.459 e. The van der Waals surface area contributed by atoms with Crippen LogP contribution in [0.2, 0.25) is 0 Å². The first-order chi connectivity index (χ1) is 12.1. The van der Waals surface area contributed by atoms with E-state index in [2.05, 4.69) is 41.4 Å². The number of likely N-dealkylation sites (N-methyl/N-ethyl adjacent to an activating group) is 1. The maximum absolute atomic E-state index is 12.9. The number of furan rings is 1. The van der Waals surface area contributed by atoms with Gasteiger partial charge in [0.1, 0.15) is 0 Å². The van der Waals surface area contributed by atoms with Crippen LogP contribution in [-0.4, -0.2) is 43.0 Å². The van der Waals surface area contributed by atoms with E-state index in [9.17, 15) is 4.79 Å². The Labute approximate surface area is 148 Å². The summed E-state index contributed by atoms with van der Waals surface area (Å²) >= 11 is 0. The van der Waals surface area contributed by atoms with Gasteiger partial charge in [0.15, 0.2) is 5.76 Å². The predicted molar refractivity (Wildman–Crippen MR) is 97.9 cm³/mol. The molecule has 5 nitrogen and oxygen atoms in total. The van der Waals surface area contributed by atoms with Crippen molar-refractivity contribution < 1.29 is 9.21 Å². The molecule has 3 heterocycles. The summed E-state index contributed by atoms with van der Waals surface area (Å²) in [6, 6.07) is 11.1. The lowest BCUT2D eigenvalue weighted by atomic mass is 10.1. The van der Waals surface area contributed by atoms with E-state index >= 15 is 0 Å². The van der Waals surface area contributed by atoms with Gasteiger partial charge in [-0.05, 0) is 44.0 Å². The monoisotopic (exact) mass is 339 g/mol. The van der Waals surface area contributed by atoms with Gasteiger partial charge in [-0.3, -0.25) is 4.79 Å². The fourth-order valence-electron chi connectivity index (χ4n) is 4.00. The summed E-state index contributed by atoms with van der Waals surface area (Å²) in [4.78, 5) is 17.1. The summed E-state index contributed by atoms with van der Waals surface area (Å²) in [7, 11) is 1.88. The first kappa shape index (κ1) is 16.2. The zero-order chi connectivity index (χ0) is 17.4. The number of anilines is 1. The fraction of sp³-hybridized carbons (Fsp3) is 0.450. The van der Waals surface area contributed by atoms with Gasteiger partial charge < -0.3 is 19.5 Å². The van der Waals surface area contributed by atoms with Gasteiger partial charge in [-0.15, -0.1) is 0 Å². The predicted octanol–water partition coefficient (Wildman–Crippen LogP) is 2.66. The van der Waals surface area contributed by atoms with Crippen molar-refractivity contribution in [1.29, 1.82) is 0 Å². The van der Waals surface area contributed by atoms with E-state index < -0.39 is 0 Å². The molecule has 2 aliphatic rings. The van der Waals surface area contributed by atoms with Crippen LogP contribution in [0.4, 0.5) is 5.69 Å². The number of para-hydroxylation sites is 1. The third-order valence-corrected chi connectivity index (χ3v) is 5.53. The van der Waals surface area contributed by atoms with Crippen LogP contribution in [0.15, 0.2) is 41.0 Å². The molecular weight excluding hydrogens is 314 g/mol. The maximum atomic E-state index is 12.9. The molecule has 0 spiro atoms. The largest absolute Gasteiger partial charge is 0.459 e. The number of carbonyl (C=O) groups is 1. The van der Waals surface area contributed by atoms with Crippen molar-refractivity contribution in [3.05, 3.63) is 53.5 Å². The smallest absolute Gasteiger partial charge is 0.289 e. The lowest BCUT2D eigenvalue weighted by Crippen LogP contribution is -2.39. The molecule has 132 valence electrons. The lowest BCUT2D eigenvalue weighted by Gasteiger charge is -2.26. The van der Waals surface area contributed by atoms with Crippen LogP contribution < -0.4 is 10.2 Å². The molecule has 2 aliphatic heterocycles. The number of rotatable bonds is 4. The Morgan fingerprint density at radius 2 is 2.20 bits per heavy atom. The molecule has 0 saturated carbocycles. The number of hydrogen-bond acceptors (Lipinski definition) is 4. The number of carbonyl (C=O) groups excluding carboxylic acids is 1. The number of nitrogens with zero attached hydrogens (tertiary/aromatic N) is 2. The van der Waals surface area contributed by atoms with Gasteiger partial charge in [-0.1, -0.05) is 18.2 Å². The minimum atomic E-state index is -0.0196. The summed E-state index contributed by atoms with van der Waals surface area (Å²) in [6.07, 6.45) is 3.68. The SMILES string of the molecule is C[C@H]1Cc2ccccc2N1Cc1ccoc1C(=O)N(C)[C@@H]1CCNC1. The van der Waals surface area contributed by atoms with E-state index in [1.54, 1.807) is 6.26 Å².